The number of hydrogen-bond donors (Lipinski definition) is 3. The van der Waals surface area contributed by atoms with Crippen LogP contribution in [0.3, 0.4) is 0 Å². The first-order valence-electron chi connectivity index (χ1n) is 11.7. The normalized spacial score (nSPS) is 17.2. The molecule has 1 aromatic carbocycles. The van der Waals surface area contributed by atoms with Crippen molar-refractivity contribution in [2.75, 3.05) is 41.0 Å². The van der Waals surface area contributed by atoms with Crippen LogP contribution in [0.25, 0.3) is 0 Å². The van der Waals surface area contributed by atoms with E-state index in [0.29, 0.717) is 13.0 Å². The molecule has 35 heavy (non-hydrogen) atoms. The maximum absolute atomic E-state index is 12.8. The molecule has 1 heterocycles. The molecule has 0 aromatic heterocycles. The smallest absolute Gasteiger partial charge is 0.278 e. The van der Waals surface area contributed by atoms with Gasteiger partial charge in [-0.15, -0.1) is 0 Å². The van der Waals surface area contributed by atoms with E-state index in [0.717, 1.165) is 19.3 Å². The van der Waals surface area contributed by atoms with Crippen LogP contribution in [0, 0.1) is 10.1 Å². The van der Waals surface area contributed by atoms with Crippen LogP contribution in [-0.2, 0) is 19.1 Å². The average molecular weight is 497 g/mol. The first-order chi connectivity index (χ1) is 16.8. The SMILES string of the molecule is CNC(=O)CCCOc1cc([N+](=O)[O-])c(C(C)NC(=O)[C@H](COC2CCCCO2)NC)cc1OC. The number of rotatable bonds is 14. The van der Waals surface area contributed by atoms with Gasteiger partial charge >= 0.3 is 0 Å². The molecule has 3 atom stereocenters. The minimum atomic E-state index is -0.694. The van der Waals surface area contributed by atoms with Crippen LogP contribution in [0.5, 0.6) is 11.5 Å². The van der Waals surface area contributed by atoms with E-state index in [1.807, 2.05) is 0 Å². The molecule has 0 spiro atoms. The van der Waals surface area contributed by atoms with Gasteiger partial charge in [0.25, 0.3) is 5.69 Å². The number of amides is 2. The van der Waals surface area contributed by atoms with Gasteiger partial charge in [-0.3, -0.25) is 19.7 Å². The Kier molecular flexibility index (Phi) is 11.7. The standard InChI is InChI=1S/C23H36N4O8/c1-15(26-23(29)17(24-2)14-35-22-9-5-6-10-34-22)16-12-19(32-4)20(13-18(16)27(30)31)33-11-7-8-21(28)25-3/h12-13,15,17,22,24H,5-11,14H2,1-4H3,(H,25,28)(H,26,29)/t15?,17-,22?/m0/s1. The topological polar surface area (TPSA) is 150 Å². The molecule has 1 aliphatic heterocycles. The highest BCUT2D eigenvalue weighted by Crippen LogP contribution is 2.37. The number of nitrogens with zero attached hydrogens (tertiary/aromatic N) is 1. The molecule has 1 saturated heterocycles. The summed E-state index contributed by atoms with van der Waals surface area (Å²) < 4.78 is 22.2. The molecule has 0 aliphatic carbocycles. The quantitative estimate of drug-likeness (QED) is 0.199. The van der Waals surface area contributed by atoms with Crippen LogP contribution in [0.4, 0.5) is 5.69 Å². The average Bonchev–Trinajstić information content (AvgIpc) is 2.86. The molecule has 2 amide bonds. The van der Waals surface area contributed by atoms with Crippen LogP contribution in [-0.4, -0.2) is 70.1 Å². The lowest BCUT2D eigenvalue weighted by molar-refractivity contribution is -0.385. The predicted octanol–water partition coefficient (Wildman–Crippen LogP) is 1.82. The molecule has 1 aromatic rings. The lowest BCUT2D eigenvalue weighted by Crippen LogP contribution is -2.47. The Morgan fingerprint density at radius 1 is 1.26 bits per heavy atom. The summed E-state index contributed by atoms with van der Waals surface area (Å²) in [4.78, 5) is 35.4. The zero-order valence-electron chi connectivity index (χ0n) is 20.8. The highest BCUT2D eigenvalue weighted by Gasteiger charge is 2.27. The molecule has 196 valence electrons. The van der Waals surface area contributed by atoms with Gasteiger partial charge in [0.1, 0.15) is 6.04 Å². The van der Waals surface area contributed by atoms with E-state index < -0.39 is 17.0 Å². The third-order valence-corrected chi connectivity index (χ3v) is 5.67. The number of carbonyl (C=O) groups is 2. The number of nitro benzene ring substituents is 1. The second-order valence-electron chi connectivity index (χ2n) is 8.15. The van der Waals surface area contributed by atoms with E-state index in [4.69, 9.17) is 18.9 Å². The zero-order chi connectivity index (χ0) is 25.8. The Morgan fingerprint density at radius 2 is 2.03 bits per heavy atom. The number of nitrogens with one attached hydrogen (secondary N) is 3. The van der Waals surface area contributed by atoms with Gasteiger partial charge in [0.2, 0.25) is 11.8 Å². The highest BCUT2D eigenvalue weighted by atomic mass is 16.7. The largest absolute Gasteiger partial charge is 0.493 e. The van der Waals surface area contributed by atoms with Gasteiger partial charge in [0.05, 0.1) is 42.9 Å². The summed E-state index contributed by atoms with van der Waals surface area (Å²) in [5, 5.41) is 20.0. The first kappa shape index (κ1) is 28.3. The fraction of sp³-hybridized carbons (Fsp3) is 0.652. The summed E-state index contributed by atoms with van der Waals surface area (Å²) in [5.74, 6) is -0.0106. The van der Waals surface area contributed by atoms with Gasteiger partial charge in [-0.25, -0.2) is 0 Å². The van der Waals surface area contributed by atoms with Crippen molar-refractivity contribution in [2.45, 2.75) is 57.4 Å². The summed E-state index contributed by atoms with van der Waals surface area (Å²) >= 11 is 0. The Balaban J connectivity index is 2.08. The van der Waals surface area contributed by atoms with Gasteiger partial charge in [0.15, 0.2) is 17.8 Å². The van der Waals surface area contributed by atoms with E-state index in [-0.39, 0.29) is 60.5 Å². The van der Waals surface area contributed by atoms with E-state index >= 15 is 0 Å². The lowest BCUT2D eigenvalue weighted by atomic mass is 10.0. The van der Waals surface area contributed by atoms with Gasteiger partial charge in [-0.05, 0) is 45.7 Å². The molecule has 0 saturated carbocycles. The van der Waals surface area contributed by atoms with Crippen LogP contribution < -0.4 is 25.4 Å². The Bertz CT molecular complexity index is 860. The van der Waals surface area contributed by atoms with Gasteiger partial charge in [0, 0.05) is 20.1 Å². The van der Waals surface area contributed by atoms with Crippen LogP contribution >= 0.6 is 0 Å². The minimum absolute atomic E-state index is 0.105. The molecule has 2 unspecified atom stereocenters. The van der Waals surface area contributed by atoms with E-state index in [2.05, 4.69) is 16.0 Å². The summed E-state index contributed by atoms with van der Waals surface area (Å²) in [6, 6.07) is 1.40. The monoisotopic (exact) mass is 496 g/mol. The number of methoxy groups -OCH3 is 1. The maximum atomic E-state index is 12.8. The number of carbonyl (C=O) groups excluding carboxylic acids is 2. The molecule has 3 N–H and O–H groups in total. The van der Waals surface area contributed by atoms with Crippen molar-refractivity contribution < 1.29 is 33.5 Å². The Hall–Kier alpha value is -2.96. The van der Waals surface area contributed by atoms with Crippen molar-refractivity contribution in [1.82, 2.24) is 16.0 Å². The second kappa shape index (κ2) is 14.4. The van der Waals surface area contributed by atoms with Gasteiger partial charge < -0.3 is 34.9 Å². The molecular formula is C23H36N4O8. The number of hydrogen-bond acceptors (Lipinski definition) is 9. The fourth-order valence-electron chi connectivity index (χ4n) is 3.61. The van der Waals surface area contributed by atoms with Gasteiger partial charge in [-0.2, -0.15) is 0 Å². The molecule has 12 heteroatoms. The summed E-state index contributed by atoms with van der Waals surface area (Å²) in [6.07, 6.45) is 3.15. The van der Waals surface area contributed by atoms with Crippen LogP contribution in [0.1, 0.15) is 50.6 Å². The third-order valence-electron chi connectivity index (χ3n) is 5.67. The van der Waals surface area contributed by atoms with Crippen molar-refractivity contribution in [1.29, 1.82) is 0 Å². The van der Waals surface area contributed by atoms with Crippen molar-refractivity contribution in [2.24, 2.45) is 0 Å². The highest BCUT2D eigenvalue weighted by molar-refractivity contribution is 5.82. The van der Waals surface area contributed by atoms with Crippen molar-refractivity contribution in [3.8, 4) is 11.5 Å². The minimum Gasteiger partial charge on any atom is -0.493 e. The Morgan fingerprint density at radius 3 is 2.63 bits per heavy atom. The number of benzene rings is 1. The summed E-state index contributed by atoms with van der Waals surface area (Å²) in [6.45, 7) is 2.58. The predicted molar refractivity (Wildman–Crippen MR) is 127 cm³/mol. The van der Waals surface area contributed by atoms with E-state index in [1.54, 1.807) is 21.0 Å². The summed E-state index contributed by atoms with van der Waals surface area (Å²) in [5.41, 5.74) is 0.0528. The number of likely N-dealkylation sites (N-methyl/N-ethyl adjacent to an activating group) is 1. The zero-order valence-corrected chi connectivity index (χ0v) is 20.8. The number of nitro groups is 1. The molecular weight excluding hydrogens is 460 g/mol. The second-order valence-corrected chi connectivity index (χ2v) is 8.15. The molecule has 0 bridgehead atoms. The summed E-state index contributed by atoms with van der Waals surface area (Å²) in [7, 11) is 4.61. The lowest BCUT2D eigenvalue weighted by Gasteiger charge is -2.26. The Labute approximate surface area is 205 Å². The molecule has 12 nitrogen and oxygen atoms in total. The van der Waals surface area contributed by atoms with Crippen molar-refractivity contribution in [3.05, 3.63) is 27.8 Å². The molecule has 0 radical (unpaired) electrons. The fourth-order valence-corrected chi connectivity index (χ4v) is 3.61. The van der Waals surface area contributed by atoms with E-state index in [9.17, 15) is 19.7 Å². The van der Waals surface area contributed by atoms with E-state index in [1.165, 1.54) is 19.2 Å². The maximum Gasteiger partial charge on any atom is 0.278 e. The third kappa shape index (κ3) is 8.64. The number of ether oxygens (including phenoxy) is 4. The van der Waals surface area contributed by atoms with Crippen LogP contribution in [0.15, 0.2) is 12.1 Å². The first-order valence-corrected chi connectivity index (χ1v) is 11.7. The van der Waals surface area contributed by atoms with Crippen molar-refractivity contribution >= 4 is 17.5 Å². The van der Waals surface area contributed by atoms with Gasteiger partial charge in [-0.1, -0.05) is 0 Å². The molecule has 1 fully saturated rings. The molecule has 1 aliphatic rings. The van der Waals surface area contributed by atoms with Crippen LogP contribution in [0.2, 0.25) is 0 Å². The molecule has 2 rings (SSSR count). The van der Waals surface area contributed by atoms with Crippen molar-refractivity contribution in [3.63, 3.8) is 0 Å².